The maximum atomic E-state index is 12.6. The van der Waals surface area contributed by atoms with Gasteiger partial charge in [-0.15, -0.1) is 0 Å². The van der Waals surface area contributed by atoms with Gasteiger partial charge in [-0.3, -0.25) is 4.79 Å². The van der Waals surface area contributed by atoms with Gasteiger partial charge >= 0.3 is 5.97 Å². The molecule has 0 aliphatic rings. The number of hydrogen-bond donors (Lipinski definition) is 0. The van der Waals surface area contributed by atoms with E-state index in [0.717, 1.165) is 17.9 Å². The van der Waals surface area contributed by atoms with Gasteiger partial charge in [0, 0.05) is 11.8 Å². The van der Waals surface area contributed by atoms with Crippen LogP contribution in [0, 0.1) is 0 Å². The highest BCUT2D eigenvalue weighted by atomic mass is 35.5. The normalized spacial score (nSPS) is 13.1. The number of ether oxygens (including phenoxy) is 1. The maximum Gasteiger partial charge on any atom is 0.340 e. The maximum absolute atomic E-state index is 12.6. The summed E-state index contributed by atoms with van der Waals surface area (Å²) in [6.45, 7) is 7.68. The lowest BCUT2D eigenvalue weighted by atomic mass is 9.86. The van der Waals surface area contributed by atoms with E-state index in [4.69, 9.17) is 16.3 Å². The standard InChI is InChI=1S/C21H23ClO5S/c1-13(19(23)14-6-8-15(9-7-14)21(2,3)4)27-20(24)17-12-16(28(5,25)26)10-11-18(17)22/h6-13H,1-5H3/t13-/m1/s1. The molecule has 0 aliphatic carbocycles. The van der Waals surface area contributed by atoms with Gasteiger partial charge in [0.05, 0.1) is 15.5 Å². The molecule has 1 atom stereocenters. The minimum absolute atomic E-state index is 0.0406. The van der Waals surface area contributed by atoms with E-state index in [0.29, 0.717) is 5.56 Å². The zero-order valence-electron chi connectivity index (χ0n) is 16.4. The number of carbonyl (C=O) groups excluding carboxylic acids is 2. The van der Waals surface area contributed by atoms with Crippen LogP contribution < -0.4 is 0 Å². The van der Waals surface area contributed by atoms with Crippen LogP contribution in [0.3, 0.4) is 0 Å². The summed E-state index contributed by atoms with van der Waals surface area (Å²) in [7, 11) is -3.51. The molecule has 5 nitrogen and oxygen atoms in total. The molecule has 0 saturated carbocycles. The van der Waals surface area contributed by atoms with Gasteiger partial charge in [-0.25, -0.2) is 13.2 Å². The first-order valence-corrected chi connectivity index (χ1v) is 10.9. The molecule has 2 rings (SSSR count). The lowest BCUT2D eigenvalue weighted by molar-refractivity contribution is 0.0318. The van der Waals surface area contributed by atoms with Gasteiger partial charge in [0.1, 0.15) is 0 Å². The summed E-state index contributed by atoms with van der Waals surface area (Å²) in [4.78, 5) is 24.9. The Bertz CT molecular complexity index is 1000. The fourth-order valence-electron chi connectivity index (χ4n) is 2.54. The predicted octanol–water partition coefficient (Wildman–Crippen LogP) is 4.47. The van der Waals surface area contributed by atoms with Gasteiger partial charge < -0.3 is 4.74 Å². The van der Waals surface area contributed by atoms with Crippen LogP contribution in [0.1, 0.15) is 54.0 Å². The minimum Gasteiger partial charge on any atom is -0.451 e. The average molecular weight is 423 g/mol. The first-order valence-electron chi connectivity index (χ1n) is 8.66. The Morgan fingerprint density at radius 1 is 1.04 bits per heavy atom. The number of benzene rings is 2. The lowest BCUT2D eigenvalue weighted by Crippen LogP contribution is -2.25. The zero-order chi connectivity index (χ0) is 21.3. The van der Waals surface area contributed by atoms with Crippen molar-refractivity contribution in [2.45, 2.75) is 44.1 Å². The number of hydrogen-bond acceptors (Lipinski definition) is 5. The van der Waals surface area contributed by atoms with Crippen molar-refractivity contribution in [3.8, 4) is 0 Å². The summed E-state index contributed by atoms with van der Waals surface area (Å²) >= 11 is 6.00. The van der Waals surface area contributed by atoms with Crippen molar-refractivity contribution in [1.29, 1.82) is 0 Å². The molecule has 2 aromatic rings. The second-order valence-electron chi connectivity index (χ2n) is 7.65. The van der Waals surface area contributed by atoms with E-state index in [2.05, 4.69) is 20.8 Å². The molecule has 0 N–H and O–H groups in total. The summed E-state index contributed by atoms with van der Waals surface area (Å²) in [5.74, 6) is -1.22. The lowest BCUT2D eigenvalue weighted by Gasteiger charge is -2.19. The third-order valence-corrected chi connectivity index (χ3v) is 5.71. The van der Waals surface area contributed by atoms with Gasteiger partial charge in [0.2, 0.25) is 5.78 Å². The van der Waals surface area contributed by atoms with Gasteiger partial charge in [0.25, 0.3) is 0 Å². The molecule has 0 fully saturated rings. The topological polar surface area (TPSA) is 77.5 Å². The first kappa shape index (κ1) is 22.1. The fraction of sp³-hybridized carbons (Fsp3) is 0.333. The second-order valence-corrected chi connectivity index (χ2v) is 10.1. The van der Waals surface area contributed by atoms with E-state index < -0.39 is 21.9 Å². The van der Waals surface area contributed by atoms with E-state index in [1.807, 2.05) is 12.1 Å². The van der Waals surface area contributed by atoms with Crippen molar-refractivity contribution in [2.75, 3.05) is 6.26 Å². The van der Waals surface area contributed by atoms with Crippen molar-refractivity contribution in [1.82, 2.24) is 0 Å². The molecule has 0 aliphatic heterocycles. The highest BCUT2D eigenvalue weighted by molar-refractivity contribution is 7.90. The summed E-state index contributed by atoms with van der Waals surface area (Å²) < 4.78 is 28.6. The van der Waals surface area contributed by atoms with Crippen molar-refractivity contribution in [3.63, 3.8) is 0 Å². The van der Waals surface area contributed by atoms with Crippen LogP contribution in [0.25, 0.3) is 0 Å². The Balaban J connectivity index is 2.19. The Morgan fingerprint density at radius 3 is 2.11 bits per heavy atom. The molecular formula is C21H23ClO5S. The van der Waals surface area contributed by atoms with Crippen LogP contribution >= 0.6 is 11.6 Å². The summed E-state index contributed by atoms with van der Waals surface area (Å²) in [5.41, 5.74) is 1.36. The predicted molar refractivity (Wildman–Crippen MR) is 109 cm³/mol. The molecule has 0 heterocycles. The quantitative estimate of drug-likeness (QED) is 0.524. The van der Waals surface area contributed by atoms with E-state index in [-0.39, 0.29) is 26.7 Å². The van der Waals surface area contributed by atoms with Crippen LogP contribution in [0.15, 0.2) is 47.4 Å². The van der Waals surface area contributed by atoms with E-state index in [1.165, 1.54) is 19.1 Å². The molecule has 0 amide bonds. The van der Waals surface area contributed by atoms with E-state index in [9.17, 15) is 18.0 Å². The van der Waals surface area contributed by atoms with Crippen LogP contribution in [-0.2, 0) is 20.0 Å². The Morgan fingerprint density at radius 2 is 1.61 bits per heavy atom. The smallest absolute Gasteiger partial charge is 0.340 e. The highest BCUT2D eigenvalue weighted by Crippen LogP contribution is 2.24. The molecule has 0 bridgehead atoms. The summed E-state index contributed by atoms with van der Waals surface area (Å²) in [6, 6.07) is 10.9. The van der Waals surface area contributed by atoms with Crippen molar-refractivity contribution < 1.29 is 22.7 Å². The largest absolute Gasteiger partial charge is 0.451 e. The third kappa shape index (κ3) is 5.20. The van der Waals surface area contributed by atoms with Crippen molar-refractivity contribution in [2.24, 2.45) is 0 Å². The van der Waals surface area contributed by atoms with Gasteiger partial charge in [-0.2, -0.15) is 0 Å². The van der Waals surface area contributed by atoms with Gasteiger partial charge in [-0.05, 0) is 36.1 Å². The second kappa shape index (κ2) is 8.05. The number of halogens is 1. The average Bonchev–Trinajstić information content (AvgIpc) is 2.59. The van der Waals surface area contributed by atoms with E-state index in [1.54, 1.807) is 12.1 Å². The van der Waals surface area contributed by atoms with Crippen LogP contribution in [0.5, 0.6) is 0 Å². The molecule has 150 valence electrons. The van der Waals surface area contributed by atoms with E-state index >= 15 is 0 Å². The number of carbonyl (C=O) groups is 2. The Kier molecular flexibility index (Phi) is 6.36. The number of ketones is 1. The number of Topliss-reactive ketones (excluding diaryl/α,β-unsaturated/α-hetero) is 1. The Hall–Kier alpha value is -2.18. The van der Waals surface area contributed by atoms with Gasteiger partial charge in [-0.1, -0.05) is 56.6 Å². The summed E-state index contributed by atoms with van der Waals surface area (Å²) in [5, 5.41) is 0.0478. The summed E-state index contributed by atoms with van der Waals surface area (Å²) in [6.07, 6.45) is -0.0235. The van der Waals surface area contributed by atoms with Crippen LogP contribution in [-0.4, -0.2) is 32.5 Å². The molecule has 0 spiro atoms. The molecule has 28 heavy (non-hydrogen) atoms. The molecular weight excluding hydrogens is 400 g/mol. The number of rotatable bonds is 5. The first-order chi connectivity index (χ1) is 12.8. The fourth-order valence-corrected chi connectivity index (χ4v) is 3.38. The molecule has 0 unspecified atom stereocenters. The minimum atomic E-state index is -3.51. The van der Waals surface area contributed by atoms with Gasteiger partial charge in [0.15, 0.2) is 15.9 Å². The molecule has 0 saturated heterocycles. The van der Waals surface area contributed by atoms with Crippen molar-refractivity contribution >= 4 is 33.2 Å². The van der Waals surface area contributed by atoms with Crippen LogP contribution in [0.4, 0.5) is 0 Å². The number of esters is 1. The monoisotopic (exact) mass is 422 g/mol. The SMILES string of the molecule is C[C@@H](OC(=O)c1cc(S(C)(=O)=O)ccc1Cl)C(=O)c1ccc(C(C)(C)C)cc1. The molecule has 2 aromatic carbocycles. The molecule has 0 aromatic heterocycles. The highest BCUT2D eigenvalue weighted by Gasteiger charge is 2.23. The number of sulfone groups is 1. The van der Waals surface area contributed by atoms with Crippen molar-refractivity contribution in [3.05, 3.63) is 64.2 Å². The third-order valence-electron chi connectivity index (χ3n) is 4.27. The molecule has 0 radical (unpaired) electrons. The molecule has 7 heteroatoms. The van der Waals surface area contributed by atoms with Crippen LogP contribution in [0.2, 0.25) is 5.02 Å². The zero-order valence-corrected chi connectivity index (χ0v) is 18.0. The Labute approximate surface area is 170 Å².